The molecule has 2 aromatic rings. The highest BCUT2D eigenvalue weighted by Gasteiger charge is 2.27. The van der Waals surface area contributed by atoms with E-state index in [9.17, 15) is 0 Å². The van der Waals surface area contributed by atoms with Crippen LogP contribution in [0.2, 0.25) is 0 Å². The Balaban J connectivity index is 1.93. The van der Waals surface area contributed by atoms with Crippen LogP contribution in [-0.2, 0) is 13.6 Å². The van der Waals surface area contributed by atoms with Gasteiger partial charge in [0, 0.05) is 49.3 Å². The molecule has 0 amide bonds. The van der Waals surface area contributed by atoms with Gasteiger partial charge < -0.3 is 10.3 Å². The summed E-state index contributed by atoms with van der Waals surface area (Å²) in [5.41, 5.74) is 10.3. The zero-order valence-electron chi connectivity index (χ0n) is 12.1. The molecule has 2 atom stereocenters. The van der Waals surface area contributed by atoms with Gasteiger partial charge in [0.15, 0.2) is 0 Å². The largest absolute Gasteiger partial charge is 0.346 e. The maximum absolute atomic E-state index is 6.13. The van der Waals surface area contributed by atoms with E-state index in [-0.39, 0.29) is 0 Å². The van der Waals surface area contributed by atoms with E-state index in [2.05, 4.69) is 54.6 Å². The van der Waals surface area contributed by atoms with Crippen molar-refractivity contribution in [2.75, 3.05) is 13.1 Å². The summed E-state index contributed by atoms with van der Waals surface area (Å²) in [4.78, 5) is 2.48. The molecular weight excluding hydrogens is 234 g/mol. The molecule has 19 heavy (non-hydrogen) atoms. The number of benzene rings is 1. The van der Waals surface area contributed by atoms with Gasteiger partial charge in [-0.15, -0.1) is 0 Å². The lowest BCUT2D eigenvalue weighted by Gasteiger charge is -2.17. The van der Waals surface area contributed by atoms with Crippen LogP contribution < -0.4 is 5.73 Å². The maximum Gasteiger partial charge on any atom is 0.0483 e. The van der Waals surface area contributed by atoms with Crippen LogP contribution in [0.1, 0.15) is 18.2 Å². The molecule has 102 valence electrons. The number of nitrogens with two attached hydrogens (primary N) is 1. The standard InChI is InChI=1S/C16H23N3/c1-11-8-19(9-14(11)17)10-16-12(2)13-6-4-5-7-15(13)18(16)3/h4-7,11,14H,8-10,17H2,1-3H3. The summed E-state index contributed by atoms with van der Waals surface area (Å²) in [5, 5.41) is 1.37. The van der Waals surface area contributed by atoms with Gasteiger partial charge in [-0.05, 0) is 24.5 Å². The first-order chi connectivity index (χ1) is 9.08. The molecule has 0 aliphatic carbocycles. The highest BCUT2D eigenvalue weighted by atomic mass is 15.2. The fourth-order valence-corrected chi connectivity index (χ4v) is 3.30. The molecule has 3 rings (SSSR count). The Kier molecular flexibility index (Phi) is 3.11. The molecule has 0 saturated carbocycles. The van der Waals surface area contributed by atoms with Crippen molar-refractivity contribution < 1.29 is 0 Å². The minimum atomic E-state index is 0.329. The molecule has 1 saturated heterocycles. The average molecular weight is 257 g/mol. The third kappa shape index (κ3) is 2.07. The van der Waals surface area contributed by atoms with Crippen molar-refractivity contribution >= 4 is 10.9 Å². The number of rotatable bonds is 2. The van der Waals surface area contributed by atoms with Crippen molar-refractivity contribution in [2.45, 2.75) is 26.4 Å². The summed E-state index contributed by atoms with van der Waals surface area (Å²) in [7, 11) is 2.17. The fourth-order valence-electron chi connectivity index (χ4n) is 3.30. The second-order valence-electron chi connectivity index (χ2n) is 5.98. The van der Waals surface area contributed by atoms with Gasteiger partial charge in [-0.2, -0.15) is 0 Å². The number of hydrogen-bond acceptors (Lipinski definition) is 2. The molecule has 1 aliphatic rings. The number of nitrogens with zero attached hydrogens (tertiary/aromatic N) is 2. The highest BCUT2D eigenvalue weighted by Crippen LogP contribution is 2.26. The summed E-state index contributed by atoms with van der Waals surface area (Å²) >= 11 is 0. The Morgan fingerprint density at radius 1 is 1.26 bits per heavy atom. The van der Waals surface area contributed by atoms with Crippen molar-refractivity contribution in [1.82, 2.24) is 9.47 Å². The predicted molar refractivity (Wildman–Crippen MR) is 80.1 cm³/mol. The molecule has 1 aromatic heterocycles. The minimum Gasteiger partial charge on any atom is -0.346 e. The number of likely N-dealkylation sites (tertiary alicyclic amines) is 1. The van der Waals surface area contributed by atoms with E-state index >= 15 is 0 Å². The van der Waals surface area contributed by atoms with Gasteiger partial charge in [0.05, 0.1) is 0 Å². The molecule has 1 aliphatic heterocycles. The van der Waals surface area contributed by atoms with Crippen LogP contribution >= 0.6 is 0 Å². The predicted octanol–water partition coefficient (Wildman–Crippen LogP) is 2.27. The van der Waals surface area contributed by atoms with E-state index < -0.39 is 0 Å². The van der Waals surface area contributed by atoms with E-state index in [1.807, 2.05) is 0 Å². The Morgan fingerprint density at radius 3 is 2.63 bits per heavy atom. The summed E-state index contributed by atoms with van der Waals surface area (Å²) in [6, 6.07) is 8.97. The van der Waals surface area contributed by atoms with Crippen molar-refractivity contribution in [3.8, 4) is 0 Å². The van der Waals surface area contributed by atoms with Gasteiger partial charge in [0.25, 0.3) is 0 Å². The third-order valence-electron chi connectivity index (χ3n) is 4.63. The van der Waals surface area contributed by atoms with Crippen LogP contribution in [0.4, 0.5) is 0 Å². The topological polar surface area (TPSA) is 34.2 Å². The first kappa shape index (κ1) is 12.7. The fraction of sp³-hybridized carbons (Fsp3) is 0.500. The second kappa shape index (κ2) is 4.66. The van der Waals surface area contributed by atoms with E-state index in [1.165, 1.54) is 22.2 Å². The van der Waals surface area contributed by atoms with Gasteiger partial charge in [0.1, 0.15) is 0 Å². The van der Waals surface area contributed by atoms with Crippen LogP contribution in [0.15, 0.2) is 24.3 Å². The van der Waals surface area contributed by atoms with Crippen LogP contribution in [0.3, 0.4) is 0 Å². The van der Waals surface area contributed by atoms with Gasteiger partial charge in [-0.3, -0.25) is 4.90 Å². The number of aryl methyl sites for hydroxylation is 2. The molecule has 1 fully saturated rings. The molecule has 0 radical (unpaired) electrons. The lowest BCUT2D eigenvalue weighted by molar-refractivity contribution is 0.311. The summed E-state index contributed by atoms with van der Waals surface area (Å²) in [6.07, 6.45) is 0. The lowest BCUT2D eigenvalue weighted by atomic mass is 10.1. The van der Waals surface area contributed by atoms with E-state index in [1.54, 1.807) is 0 Å². The third-order valence-corrected chi connectivity index (χ3v) is 4.63. The molecule has 2 heterocycles. The molecule has 0 bridgehead atoms. The molecule has 1 aromatic carbocycles. The zero-order chi connectivity index (χ0) is 13.6. The first-order valence-electron chi connectivity index (χ1n) is 7.08. The second-order valence-corrected chi connectivity index (χ2v) is 5.98. The van der Waals surface area contributed by atoms with E-state index in [0.29, 0.717) is 12.0 Å². The average Bonchev–Trinajstić information content (AvgIpc) is 2.84. The number of fused-ring (bicyclic) bond motifs is 1. The van der Waals surface area contributed by atoms with Gasteiger partial charge in [0.2, 0.25) is 0 Å². The highest BCUT2D eigenvalue weighted by molar-refractivity contribution is 5.85. The first-order valence-corrected chi connectivity index (χ1v) is 7.08. The monoisotopic (exact) mass is 257 g/mol. The summed E-state index contributed by atoms with van der Waals surface area (Å²) in [5.74, 6) is 0.606. The smallest absolute Gasteiger partial charge is 0.0483 e. The number of hydrogen-bond donors (Lipinski definition) is 1. The van der Waals surface area contributed by atoms with E-state index in [4.69, 9.17) is 5.73 Å². The van der Waals surface area contributed by atoms with Crippen molar-refractivity contribution in [1.29, 1.82) is 0 Å². The van der Waals surface area contributed by atoms with Gasteiger partial charge in [-0.1, -0.05) is 25.1 Å². The zero-order valence-corrected chi connectivity index (χ0v) is 12.1. The molecule has 2 unspecified atom stereocenters. The summed E-state index contributed by atoms with van der Waals surface area (Å²) < 4.78 is 2.33. The van der Waals surface area contributed by atoms with Crippen molar-refractivity contribution in [3.63, 3.8) is 0 Å². The van der Waals surface area contributed by atoms with Crippen molar-refractivity contribution in [3.05, 3.63) is 35.5 Å². The van der Waals surface area contributed by atoms with Gasteiger partial charge in [-0.25, -0.2) is 0 Å². The van der Waals surface area contributed by atoms with Crippen LogP contribution in [0, 0.1) is 12.8 Å². The lowest BCUT2D eigenvalue weighted by Crippen LogP contribution is -2.28. The summed E-state index contributed by atoms with van der Waals surface area (Å²) in [6.45, 7) is 7.62. The Bertz CT molecular complexity index is 550. The van der Waals surface area contributed by atoms with Crippen molar-refractivity contribution in [2.24, 2.45) is 18.7 Å². The Labute approximate surface area is 115 Å². The molecule has 2 N–H and O–H groups in total. The Hall–Kier alpha value is -1.32. The van der Waals surface area contributed by atoms with Crippen LogP contribution in [-0.4, -0.2) is 28.6 Å². The van der Waals surface area contributed by atoms with E-state index in [0.717, 1.165) is 19.6 Å². The normalized spacial score (nSPS) is 24.4. The van der Waals surface area contributed by atoms with Crippen LogP contribution in [0.5, 0.6) is 0 Å². The van der Waals surface area contributed by atoms with Crippen LogP contribution in [0.25, 0.3) is 10.9 Å². The molecule has 0 spiro atoms. The number of aromatic nitrogens is 1. The molecular formula is C16H23N3. The van der Waals surface area contributed by atoms with Gasteiger partial charge >= 0.3 is 0 Å². The Morgan fingerprint density at radius 2 is 2.00 bits per heavy atom. The minimum absolute atomic E-state index is 0.329. The quantitative estimate of drug-likeness (QED) is 0.895. The molecule has 3 nitrogen and oxygen atoms in total. The maximum atomic E-state index is 6.13. The molecule has 3 heteroatoms. The number of para-hydroxylation sites is 1. The SMILES string of the molecule is Cc1c(CN2CC(C)C(N)C2)n(C)c2ccccc12.